The molecule has 1 amide bonds. The first kappa shape index (κ1) is 16.9. The summed E-state index contributed by atoms with van der Waals surface area (Å²) in [5.74, 6) is -0.910. The first-order chi connectivity index (χ1) is 11.4. The van der Waals surface area contributed by atoms with Gasteiger partial charge in [-0.25, -0.2) is 8.42 Å². The molecular formula is C16H20N2O5S. The van der Waals surface area contributed by atoms with Crippen LogP contribution in [0.2, 0.25) is 0 Å². The Morgan fingerprint density at radius 2 is 2.21 bits per heavy atom. The van der Waals surface area contributed by atoms with Gasteiger partial charge in [-0.3, -0.25) is 9.59 Å². The number of nitrogens with zero attached hydrogens (tertiary/aromatic N) is 1. The van der Waals surface area contributed by atoms with Crippen molar-refractivity contribution in [2.45, 2.75) is 31.1 Å². The molecule has 1 aromatic carbocycles. The summed E-state index contributed by atoms with van der Waals surface area (Å²) in [6, 6.07) is 4.64. The third-order valence-electron chi connectivity index (χ3n) is 4.34. The monoisotopic (exact) mass is 352 g/mol. The number of carbonyl (C=O) groups is 2. The van der Waals surface area contributed by atoms with Crippen LogP contribution in [0.5, 0.6) is 0 Å². The maximum atomic E-state index is 12.9. The molecule has 2 aliphatic heterocycles. The molecule has 1 atom stereocenters. The molecule has 0 radical (unpaired) electrons. The Morgan fingerprint density at radius 3 is 2.96 bits per heavy atom. The van der Waals surface area contributed by atoms with Crippen LogP contribution in [0.15, 0.2) is 23.1 Å². The van der Waals surface area contributed by atoms with Crippen molar-refractivity contribution in [1.29, 1.82) is 0 Å². The maximum absolute atomic E-state index is 12.9. The number of nitrogens with one attached hydrogen (secondary N) is 1. The predicted octanol–water partition coefficient (Wildman–Crippen LogP) is 1.14. The zero-order valence-electron chi connectivity index (χ0n) is 13.4. The van der Waals surface area contributed by atoms with Crippen molar-refractivity contribution < 1.29 is 22.7 Å². The van der Waals surface area contributed by atoms with Crippen molar-refractivity contribution >= 4 is 27.6 Å². The molecular weight excluding hydrogens is 332 g/mol. The average molecular weight is 352 g/mol. The molecule has 1 unspecified atom stereocenters. The molecule has 1 fully saturated rings. The number of benzene rings is 1. The number of carbonyl (C=O) groups excluding carboxylic acids is 2. The zero-order valence-corrected chi connectivity index (χ0v) is 14.3. The van der Waals surface area contributed by atoms with Crippen LogP contribution in [0.25, 0.3) is 0 Å². The lowest BCUT2D eigenvalue weighted by Gasteiger charge is -2.30. The van der Waals surface area contributed by atoms with Crippen molar-refractivity contribution in [1.82, 2.24) is 4.31 Å². The first-order valence-corrected chi connectivity index (χ1v) is 9.45. The van der Waals surface area contributed by atoms with Gasteiger partial charge in [-0.05, 0) is 43.5 Å². The molecule has 2 heterocycles. The number of amides is 1. The number of anilines is 1. The van der Waals surface area contributed by atoms with Gasteiger partial charge in [-0.1, -0.05) is 0 Å². The topological polar surface area (TPSA) is 92.8 Å². The Balaban J connectivity index is 1.81. The number of fused-ring (bicyclic) bond motifs is 1. The van der Waals surface area contributed by atoms with Gasteiger partial charge in [0.25, 0.3) is 0 Å². The van der Waals surface area contributed by atoms with Gasteiger partial charge in [0.1, 0.15) is 0 Å². The van der Waals surface area contributed by atoms with E-state index >= 15 is 0 Å². The van der Waals surface area contributed by atoms with Gasteiger partial charge in [0.15, 0.2) is 0 Å². The third-order valence-corrected chi connectivity index (χ3v) is 6.20. The smallest absolute Gasteiger partial charge is 0.310 e. The minimum absolute atomic E-state index is 0.134. The van der Waals surface area contributed by atoms with Crippen LogP contribution in [-0.4, -0.2) is 44.3 Å². The summed E-state index contributed by atoms with van der Waals surface area (Å²) in [6.45, 7) is 2.53. The second-order valence-electron chi connectivity index (χ2n) is 6.00. The van der Waals surface area contributed by atoms with Gasteiger partial charge in [-0.15, -0.1) is 0 Å². The average Bonchev–Trinajstić information content (AvgIpc) is 2.94. The SMILES string of the molecule is CCOC(=O)C1CCCN(S(=O)(=O)c2ccc3c(c2)CC(=O)N3)C1. The number of sulfonamides is 1. The van der Waals surface area contributed by atoms with E-state index in [1.54, 1.807) is 13.0 Å². The number of hydrogen-bond donors (Lipinski definition) is 1. The molecule has 1 aromatic rings. The lowest BCUT2D eigenvalue weighted by Crippen LogP contribution is -2.42. The van der Waals surface area contributed by atoms with E-state index in [0.29, 0.717) is 30.6 Å². The largest absolute Gasteiger partial charge is 0.466 e. The number of hydrogen-bond acceptors (Lipinski definition) is 5. The summed E-state index contributed by atoms with van der Waals surface area (Å²) < 4.78 is 32.1. The zero-order chi connectivity index (χ0) is 17.3. The molecule has 0 aliphatic carbocycles. The third kappa shape index (κ3) is 3.16. The van der Waals surface area contributed by atoms with Crippen LogP contribution in [0.4, 0.5) is 5.69 Å². The molecule has 0 aromatic heterocycles. The molecule has 3 rings (SSSR count). The predicted molar refractivity (Wildman–Crippen MR) is 86.9 cm³/mol. The minimum atomic E-state index is -3.70. The number of piperidine rings is 1. The van der Waals surface area contributed by atoms with Gasteiger partial charge >= 0.3 is 5.97 Å². The van der Waals surface area contributed by atoms with Crippen LogP contribution in [-0.2, 0) is 30.8 Å². The summed E-state index contributed by atoms with van der Waals surface area (Å²) in [5.41, 5.74) is 1.34. The van der Waals surface area contributed by atoms with E-state index in [9.17, 15) is 18.0 Å². The second-order valence-corrected chi connectivity index (χ2v) is 7.94. The van der Waals surface area contributed by atoms with E-state index in [1.807, 2.05) is 0 Å². The molecule has 0 saturated carbocycles. The molecule has 1 N–H and O–H groups in total. The highest BCUT2D eigenvalue weighted by atomic mass is 32.2. The Hall–Kier alpha value is -1.93. The fraction of sp³-hybridized carbons (Fsp3) is 0.500. The minimum Gasteiger partial charge on any atom is -0.466 e. The molecule has 1 saturated heterocycles. The van der Waals surface area contributed by atoms with Gasteiger partial charge < -0.3 is 10.1 Å². The molecule has 7 nitrogen and oxygen atoms in total. The highest BCUT2D eigenvalue weighted by molar-refractivity contribution is 7.89. The van der Waals surface area contributed by atoms with E-state index in [-0.39, 0.29) is 36.3 Å². The van der Waals surface area contributed by atoms with Crippen LogP contribution >= 0.6 is 0 Å². The number of ether oxygens (including phenoxy) is 1. The summed E-state index contributed by atoms with van der Waals surface area (Å²) in [4.78, 5) is 23.5. The van der Waals surface area contributed by atoms with E-state index in [0.717, 1.165) is 0 Å². The molecule has 2 aliphatic rings. The molecule has 0 bridgehead atoms. The molecule has 130 valence electrons. The van der Waals surface area contributed by atoms with E-state index in [1.165, 1.54) is 16.4 Å². The Bertz CT molecular complexity index is 775. The highest BCUT2D eigenvalue weighted by Gasteiger charge is 2.34. The number of rotatable bonds is 4. The van der Waals surface area contributed by atoms with Gasteiger partial charge in [0.2, 0.25) is 15.9 Å². The van der Waals surface area contributed by atoms with Crippen LogP contribution < -0.4 is 5.32 Å². The molecule has 0 spiro atoms. The van der Waals surface area contributed by atoms with Crippen molar-refractivity contribution in [3.8, 4) is 0 Å². The standard InChI is InChI=1S/C16H20N2O5S/c1-2-23-16(20)11-4-3-7-18(10-11)24(21,22)13-5-6-14-12(8-13)9-15(19)17-14/h5-6,8,11H,2-4,7,9-10H2,1H3,(H,17,19). The number of esters is 1. The summed E-state index contributed by atoms with van der Waals surface area (Å²) >= 11 is 0. The lowest BCUT2D eigenvalue weighted by atomic mass is 10.0. The van der Waals surface area contributed by atoms with Crippen LogP contribution in [0, 0.1) is 5.92 Å². The highest BCUT2D eigenvalue weighted by Crippen LogP contribution is 2.29. The van der Waals surface area contributed by atoms with Crippen molar-refractivity contribution in [3.63, 3.8) is 0 Å². The Labute approximate surface area is 141 Å². The fourth-order valence-corrected chi connectivity index (χ4v) is 4.70. The summed E-state index contributed by atoms with van der Waals surface area (Å²) in [6.07, 6.45) is 1.44. The quantitative estimate of drug-likeness (QED) is 0.821. The van der Waals surface area contributed by atoms with Gasteiger partial charge in [0, 0.05) is 18.8 Å². The Kier molecular flexibility index (Phi) is 4.60. The first-order valence-electron chi connectivity index (χ1n) is 8.01. The van der Waals surface area contributed by atoms with Crippen molar-refractivity contribution in [2.24, 2.45) is 5.92 Å². The van der Waals surface area contributed by atoms with Gasteiger partial charge in [0.05, 0.1) is 23.8 Å². The van der Waals surface area contributed by atoms with Crippen LogP contribution in [0.3, 0.4) is 0 Å². The van der Waals surface area contributed by atoms with Crippen LogP contribution in [0.1, 0.15) is 25.3 Å². The van der Waals surface area contributed by atoms with Crippen molar-refractivity contribution in [3.05, 3.63) is 23.8 Å². The van der Waals surface area contributed by atoms with E-state index in [2.05, 4.69) is 5.32 Å². The fourth-order valence-electron chi connectivity index (χ4n) is 3.13. The lowest BCUT2D eigenvalue weighted by molar-refractivity contribution is -0.149. The second kappa shape index (κ2) is 6.52. The summed E-state index contributed by atoms with van der Waals surface area (Å²) in [7, 11) is -3.70. The Morgan fingerprint density at radius 1 is 1.42 bits per heavy atom. The molecule has 8 heteroatoms. The molecule has 24 heavy (non-hydrogen) atoms. The maximum Gasteiger partial charge on any atom is 0.310 e. The summed E-state index contributed by atoms with van der Waals surface area (Å²) in [5, 5.41) is 2.68. The van der Waals surface area contributed by atoms with Crippen molar-refractivity contribution in [2.75, 3.05) is 25.0 Å². The van der Waals surface area contributed by atoms with E-state index in [4.69, 9.17) is 4.74 Å². The van der Waals surface area contributed by atoms with Gasteiger partial charge in [-0.2, -0.15) is 4.31 Å². The van der Waals surface area contributed by atoms with E-state index < -0.39 is 15.9 Å². The normalized spacial score (nSPS) is 21.2.